The molecule has 1 rings (SSSR count). The number of amides is 2. The normalized spacial score (nSPS) is 11.9. The first-order valence-electron chi connectivity index (χ1n) is 5.05. The van der Waals surface area contributed by atoms with Gasteiger partial charge in [-0.25, -0.2) is 9.78 Å². The number of carbonyl (C=O) groups is 2. The summed E-state index contributed by atoms with van der Waals surface area (Å²) >= 11 is 1.47. The molecule has 0 fully saturated rings. The predicted octanol–water partition coefficient (Wildman–Crippen LogP) is 1.07. The van der Waals surface area contributed by atoms with E-state index in [0.29, 0.717) is 6.54 Å². The fraction of sp³-hybridized carbons (Fsp3) is 0.500. The van der Waals surface area contributed by atoms with Crippen LogP contribution < -0.4 is 5.32 Å². The Labute approximate surface area is 103 Å². The molecule has 17 heavy (non-hydrogen) atoms. The minimum absolute atomic E-state index is 0.410. The Kier molecular flexibility index (Phi) is 4.45. The molecule has 0 spiro atoms. The van der Waals surface area contributed by atoms with E-state index in [1.54, 1.807) is 12.6 Å². The topological polar surface area (TPSA) is 82.5 Å². The number of hydrogen-bond acceptors (Lipinski definition) is 4. The van der Waals surface area contributed by atoms with Crippen molar-refractivity contribution in [1.29, 1.82) is 0 Å². The van der Waals surface area contributed by atoms with E-state index < -0.39 is 18.0 Å². The molecular weight excluding hydrogens is 242 g/mol. The molecule has 1 aromatic rings. The van der Waals surface area contributed by atoms with E-state index in [-0.39, 0.29) is 0 Å². The Morgan fingerprint density at radius 2 is 2.29 bits per heavy atom. The molecule has 1 heterocycles. The number of nitrogens with one attached hydrogen (secondary N) is 1. The summed E-state index contributed by atoms with van der Waals surface area (Å²) in [6.07, 6.45) is 0. The van der Waals surface area contributed by atoms with Gasteiger partial charge in [0.05, 0.1) is 17.7 Å². The number of carboxylic acid groups (broad SMARTS) is 1. The maximum atomic E-state index is 11.6. The monoisotopic (exact) mass is 257 g/mol. The second-order valence-electron chi connectivity index (χ2n) is 3.73. The molecule has 0 saturated carbocycles. The van der Waals surface area contributed by atoms with Crippen molar-refractivity contribution in [2.24, 2.45) is 0 Å². The predicted molar refractivity (Wildman–Crippen MR) is 63.9 cm³/mol. The quantitative estimate of drug-likeness (QED) is 0.845. The van der Waals surface area contributed by atoms with Gasteiger partial charge in [0.1, 0.15) is 6.04 Å². The Hall–Kier alpha value is -1.63. The SMILES string of the molecule is Cc1ncsc1CN(C)C(=O)N[C@H](C)C(=O)O. The molecule has 0 unspecified atom stereocenters. The van der Waals surface area contributed by atoms with Crippen LogP contribution in [0.2, 0.25) is 0 Å². The lowest BCUT2D eigenvalue weighted by atomic mass is 10.3. The highest BCUT2D eigenvalue weighted by Crippen LogP contribution is 2.14. The van der Waals surface area contributed by atoms with Gasteiger partial charge >= 0.3 is 12.0 Å². The van der Waals surface area contributed by atoms with Crippen LogP contribution in [-0.2, 0) is 11.3 Å². The van der Waals surface area contributed by atoms with Gasteiger partial charge in [-0.05, 0) is 13.8 Å². The van der Waals surface area contributed by atoms with Gasteiger partial charge in [-0.15, -0.1) is 11.3 Å². The Bertz CT molecular complexity index is 419. The number of carboxylic acids is 1. The van der Waals surface area contributed by atoms with Gasteiger partial charge in [0.2, 0.25) is 0 Å². The molecule has 94 valence electrons. The molecule has 1 atom stereocenters. The van der Waals surface area contributed by atoms with Crippen LogP contribution in [0, 0.1) is 6.92 Å². The standard InChI is InChI=1S/C10H15N3O3S/c1-6-8(17-5-11-6)4-13(3)10(16)12-7(2)9(14)15/h5,7H,4H2,1-3H3,(H,12,16)(H,14,15)/t7-/m1/s1. The van der Waals surface area contributed by atoms with Crippen molar-refractivity contribution >= 4 is 23.3 Å². The summed E-state index contributed by atoms with van der Waals surface area (Å²) in [6.45, 7) is 3.72. The third-order valence-electron chi connectivity index (χ3n) is 2.28. The average molecular weight is 257 g/mol. The van der Waals surface area contributed by atoms with Crippen molar-refractivity contribution < 1.29 is 14.7 Å². The number of thiazole rings is 1. The third-order valence-corrected chi connectivity index (χ3v) is 3.20. The largest absolute Gasteiger partial charge is 0.480 e. The zero-order chi connectivity index (χ0) is 13.0. The maximum Gasteiger partial charge on any atom is 0.325 e. The van der Waals surface area contributed by atoms with E-state index in [0.717, 1.165) is 10.6 Å². The highest BCUT2D eigenvalue weighted by molar-refractivity contribution is 7.09. The smallest absolute Gasteiger partial charge is 0.325 e. The summed E-state index contributed by atoms with van der Waals surface area (Å²) < 4.78 is 0. The van der Waals surface area contributed by atoms with Crippen molar-refractivity contribution in [3.05, 3.63) is 16.1 Å². The molecule has 7 heteroatoms. The highest BCUT2D eigenvalue weighted by Gasteiger charge is 2.17. The number of aromatic nitrogens is 1. The first-order chi connectivity index (χ1) is 7.91. The minimum Gasteiger partial charge on any atom is -0.480 e. The zero-order valence-electron chi connectivity index (χ0n) is 9.93. The van der Waals surface area contributed by atoms with Gasteiger partial charge in [0.25, 0.3) is 0 Å². The summed E-state index contributed by atoms with van der Waals surface area (Å²) in [7, 11) is 1.61. The molecule has 0 saturated heterocycles. The van der Waals surface area contributed by atoms with E-state index >= 15 is 0 Å². The Balaban J connectivity index is 2.53. The van der Waals surface area contributed by atoms with E-state index in [4.69, 9.17) is 5.11 Å². The Morgan fingerprint density at radius 3 is 2.76 bits per heavy atom. The van der Waals surface area contributed by atoms with Crippen LogP contribution in [0.15, 0.2) is 5.51 Å². The summed E-state index contributed by atoms with van der Waals surface area (Å²) in [5, 5.41) is 11.1. The van der Waals surface area contributed by atoms with Crippen molar-refractivity contribution in [3.8, 4) is 0 Å². The van der Waals surface area contributed by atoms with Crippen LogP contribution in [-0.4, -0.2) is 40.1 Å². The molecule has 1 aromatic heterocycles. The third kappa shape index (κ3) is 3.70. The van der Waals surface area contributed by atoms with Crippen molar-refractivity contribution in [3.63, 3.8) is 0 Å². The number of hydrogen-bond donors (Lipinski definition) is 2. The average Bonchev–Trinajstić information content (AvgIpc) is 2.64. The number of urea groups is 1. The molecule has 2 amide bonds. The van der Waals surface area contributed by atoms with Gasteiger partial charge in [-0.3, -0.25) is 4.79 Å². The molecule has 0 aliphatic heterocycles. The lowest BCUT2D eigenvalue weighted by Gasteiger charge is -2.19. The summed E-state index contributed by atoms with van der Waals surface area (Å²) in [5.74, 6) is -1.05. The minimum atomic E-state index is -1.05. The molecule has 0 bridgehead atoms. The summed E-state index contributed by atoms with van der Waals surface area (Å²) in [4.78, 5) is 28.7. The molecule has 2 N–H and O–H groups in total. The highest BCUT2D eigenvalue weighted by atomic mass is 32.1. The molecule has 0 radical (unpaired) electrons. The molecule has 0 aliphatic carbocycles. The van der Waals surface area contributed by atoms with E-state index in [2.05, 4.69) is 10.3 Å². The van der Waals surface area contributed by atoms with Gasteiger partial charge in [-0.2, -0.15) is 0 Å². The van der Waals surface area contributed by atoms with E-state index in [9.17, 15) is 9.59 Å². The van der Waals surface area contributed by atoms with Gasteiger partial charge in [0.15, 0.2) is 0 Å². The van der Waals surface area contributed by atoms with Crippen LogP contribution >= 0.6 is 11.3 Å². The first-order valence-corrected chi connectivity index (χ1v) is 5.93. The number of carbonyl (C=O) groups excluding carboxylic acids is 1. The number of aryl methyl sites for hydroxylation is 1. The second-order valence-corrected chi connectivity index (χ2v) is 4.67. The van der Waals surface area contributed by atoms with Crippen LogP contribution in [0.1, 0.15) is 17.5 Å². The van der Waals surface area contributed by atoms with Crippen LogP contribution in [0.5, 0.6) is 0 Å². The van der Waals surface area contributed by atoms with Gasteiger partial charge < -0.3 is 15.3 Å². The summed E-state index contributed by atoms with van der Waals surface area (Å²) in [5.41, 5.74) is 2.61. The molecule has 0 aromatic carbocycles. The lowest BCUT2D eigenvalue weighted by molar-refractivity contribution is -0.138. The van der Waals surface area contributed by atoms with Crippen LogP contribution in [0.3, 0.4) is 0 Å². The number of rotatable bonds is 4. The fourth-order valence-electron chi connectivity index (χ4n) is 1.12. The molecule has 6 nitrogen and oxygen atoms in total. The summed E-state index contributed by atoms with van der Waals surface area (Å²) in [6, 6.07) is -1.31. The lowest BCUT2D eigenvalue weighted by Crippen LogP contribution is -2.44. The second kappa shape index (κ2) is 5.62. The zero-order valence-corrected chi connectivity index (χ0v) is 10.7. The van der Waals surface area contributed by atoms with Crippen LogP contribution in [0.4, 0.5) is 4.79 Å². The van der Waals surface area contributed by atoms with E-state index in [1.807, 2.05) is 6.92 Å². The maximum absolute atomic E-state index is 11.6. The molecule has 0 aliphatic rings. The van der Waals surface area contributed by atoms with Crippen molar-refractivity contribution in [1.82, 2.24) is 15.2 Å². The van der Waals surface area contributed by atoms with E-state index in [1.165, 1.54) is 23.2 Å². The van der Waals surface area contributed by atoms with Crippen molar-refractivity contribution in [2.45, 2.75) is 26.4 Å². The Morgan fingerprint density at radius 1 is 1.65 bits per heavy atom. The van der Waals surface area contributed by atoms with Crippen LogP contribution in [0.25, 0.3) is 0 Å². The van der Waals surface area contributed by atoms with Gasteiger partial charge in [-0.1, -0.05) is 0 Å². The van der Waals surface area contributed by atoms with Crippen molar-refractivity contribution in [2.75, 3.05) is 7.05 Å². The first kappa shape index (κ1) is 13.4. The fourth-order valence-corrected chi connectivity index (χ4v) is 1.95. The number of aliphatic carboxylic acids is 1. The number of nitrogens with zero attached hydrogens (tertiary/aromatic N) is 2. The molecular formula is C10H15N3O3S. The van der Waals surface area contributed by atoms with Gasteiger partial charge in [0, 0.05) is 11.9 Å².